The number of benzene rings is 1. The topological polar surface area (TPSA) is 43.1 Å². The van der Waals surface area contributed by atoms with Gasteiger partial charge in [-0.05, 0) is 23.6 Å². The van der Waals surface area contributed by atoms with Crippen molar-refractivity contribution in [3.05, 3.63) is 41.5 Å². The Kier molecular flexibility index (Phi) is 3.46. The molecule has 2 nitrogen and oxygen atoms in total. The fourth-order valence-corrected chi connectivity index (χ4v) is 1.06. The van der Waals surface area contributed by atoms with Gasteiger partial charge in [-0.3, -0.25) is 4.79 Å². The summed E-state index contributed by atoms with van der Waals surface area (Å²) < 4.78 is 0. The summed E-state index contributed by atoms with van der Waals surface area (Å²) in [5.41, 5.74) is 6.76. The first kappa shape index (κ1) is 10.5. The number of amides is 1. The summed E-state index contributed by atoms with van der Waals surface area (Å²) in [6, 6.07) is 7.25. The average molecular weight is 189 g/mol. The summed E-state index contributed by atoms with van der Waals surface area (Å²) in [5.74, 6) is 0.148. The van der Waals surface area contributed by atoms with Gasteiger partial charge < -0.3 is 5.73 Å². The van der Waals surface area contributed by atoms with Gasteiger partial charge in [-0.25, -0.2) is 0 Å². The molecule has 0 unspecified atom stereocenters. The number of rotatable bonds is 3. The maximum Gasteiger partial charge on any atom is 0.248 e. The summed E-state index contributed by atoms with van der Waals surface area (Å²) in [7, 11) is 0. The lowest BCUT2D eigenvalue weighted by Gasteiger charge is -1.97. The van der Waals surface area contributed by atoms with Gasteiger partial charge in [0.05, 0.1) is 0 Å². The molecule has 2 N–H and O–H groups in total. The summed E-state index contributed by atoms with van der Waals surface area (Å²) in [5, 5.41) is 0. The van der Waals surface area contributed by atoms with Crippen LogP contribution >= 0.6 is 0 Å². The van der Waals surface area contributed by atoms with E-state index in [-0.39, 0.29) is 5.91 Å². The van der Waals surface area contributed by atoms with Crippen molar-refractivity contribution in [1.29, 1.82) is 0 Å². The van der Waals surface area contributed by atoms with Crippen LogP contribution in [0.5, 0.6) is 0 Å². The van der Waals surface area contributed by atoms with Crippen molar-refractivity contribution in [1.82, 2.24) is 0 Å². The molecule has 0 fully saturated rings. The Morgan fingerprint density at radius 2 is 1.86 bits per heavy atom. The monoisotopic (exact) mass is 189 g/mol. The fourth-order valence-electron chi connectivity index (χ4n) is 1.06. The Morgan fingerprint density at radius 3 is 2.29 bits per heavy atom. The molecule has 1 aromatic rings. The normalized spacial score (nSPS) is 11.1. The van der Waals surface area contributed by atoms with Gasteiger partial charge in [0.25, 0.3) is 0 Å². The third kappa shape index (κ3) is 3.05. The lowest BCUT2D eigenvalue weighted by molar-refractivity contribution is 0.100. The van der Waals surface area contributed by atoms with Crippen LogP contribution in [-0.2, 0) is 0 Å². The van der Waals surface area contributed by atoms with E-state index in [1.165, 1.54) is 0 Å². The minimum Gasteiger partial charge on any atom is -0.366 e. The molecular formula is C12H15NO. The Labute approximate surface area is 84.4 Å². The molecule has 1 amide bonds. The van der Waals surface area contributed by atoms with Crippen LogP contribution in [0, 0.1) is 5.92 Å². The second kappa shape index (κ2) is 4.61. The van der Waals surface area contributed by atoms with Gasteiger partial charge in [0.1, 0.15) is 0 Å². The minimum absolute atomic E-state index is 0.385. The minimum atomic E-state index is -0.385. The SMILES string of the molecule is CC(C)/C=C/c1ccc(C(N)=O)cc1. The van der Waals surface area contributed by atoms with E-state index in [4.69, 9.17) is 5.73 Å². The first-order valence-corrected chi connectivity index (χ1v) is 4.67. The number of allylic oxidation sites excluding steroid dienone is 1. The molecule has 0 aromatic heterocycles. The molecule has 0 bridgehead atoms. The molecule has 2 heteroatoms. The molecule has 14 heavy (non-hydrogen) atoms. The maximum absolute atomic E-state index is 10.8. The van der Waals surface area contributed by atoms with Crippen molar-refractivity contribution in [2.24, 2.45) is 11.7 Å². The molecule has 0 radical (unpaired) electrons. The molecule has 0 saturated heterocycles. The number of hydrogen-bond acceptors (Lipinski definition) is 1. The van der Waals surface area contributed by atoms with E-state index in [1.54, 1.807) is 12.1 Å². The van der Waals surface area contributed by atoms with E-state index in [0.29, 0.717) is 11.5 Å². The highest BCUT2D eigenvalue weighted by Crippen LogP contribution is 2.07. The number of carbonyl (C=O) groups is 1. The average Bonchev–Trinajstić information content (AvgIpc) is 2.15. The van der Waals surface area contributed by atoms with Crippen LogP contribution in [-0.4, -0.2) is 5.91 Å². The summed E-state index contributed by atoms with van der Waals surface area (Å²) >= 11 is 0. The van der Waals surface area contributed by atoms with Crippen LogP contribution in [0.15, 0.2) is 30.3 Å². The highest BCUT2D eigenvalue weighted by Gasteiger charge is 1.97. The summed E-state index contributed by atoms with van der Waals surface area (Å²) in [6.45, 7) is 4.24. The molecular weight excluding hydrogens is 174 g/mol. The van der Waals surface area contributed by atoms with E-state index in [9.17, 15) is 4.79 Å². The molecule has 0 heterocycles. The van der Waals surface area contributed by atoms with E-state index in [1.807, 2.05) is 18.2 Å². The van der Waals surface area contributed by atoms with Crippen molar-refractivity contribution in [2.75, 3.05) is 0 Å². The lowest BCUT2D eigenvalue weighted by Crippen LogP contribution is -2.10. The van der Waals surface area contributed by atoms with Gasteiger partial charge in [-0.15, -0.1) is 0 Å². The molecule has 0 aliphatic carbocycles. The number of carbonyl (C=O) groups excluding carboxylic acids is 1. The third-order valence-corrected chi connectivity index (χ3v) is 1.87. The zero-order valence-electron chi connectivity index (χ0n) is 8.53. The van der Waals surface area contributed by atoms with Crippen LogP contribution in [0.25, 0.3) is 6.08 Å². The number of nitrogens with two attached hydrogens (primary N) is 1. The zero-order chi connectivity index (χ0) is 10.6. The van der Waals surface area contributed by atoms with E-state index in [2.05, 4.69) is 19.9 Å². The Bertz CT molecular complexity index is 336. The van der Waals surface area contributed by atoms with Crippen LogP contribution in [0.2, 0.25) is 0 Å². The molecule has 1 aromatic carbocycles. The third-order valence-electron chi connectivity index (χ3n) is 1.87. The van der Waals surface area contributed by atoms with Crippen LogP contribution in [0.1, 0.15) is 29.8 Å². The zero-order valence-corrected chi connectivity index (χ0v) is 8.53. The molecule has 0 atom stereocenters. The van der Waals surface area contributed by atoms with Crippen molar-refractivity contribution in [2.45, 2.75) is 13.8 Å². The van der Waals surface area contributed by atoms with Crippen molar-refractivity contribution in [3.8, 4) is 0 Å². The molecule has 0 saturated carbocycles. The molecule has 0 spiro atoms. The fraction of sp³-hybridized carbons (Fsp3) is 0.250. The molecule has 0 aliphatic rings. The Hall–Kier alpha value is -1.57. The summed E-state index contributed by atoms with van der Waals surface area (Å²) in [4.78, 5) is 10.8. The van der Waals surface area contributed by atoms with Gasteiger partial charge in [-0.1, -0.05) is 38.1 Å². The molecule has 0 aliphatic heterocycles. The van der Waals surface area contributed by atoms with Crippen LogP contribution in [0.3, 0.4) is 0 Å². The quantitative estimate of drug-likeness (QED) is 0.779. The largest absolute Gasteiger partial charge is 0.366 e. The Morgan fingerprint density at radius 1 is 1.29 bits per heavy atom. The Balaban J connectivity index is 2.78. The van der Waals surface area contributed by atoms with E-state index < -0.39 is 0 Å². The predicted molar refractivity (Wildman–Crippen MR) is 58.8 cm³/mol. The van der Waals surface area contributed by atoms with Crippen LogP contribution in [0.4, 0.5) is 0 Å². The number of hydrogen-bond donors (Lipinski definition) is 1. The van der Waals surface area contributed by atoms with Gasteiger partial charge in [0.2, 0.25) is 5.91 Å². The second-order valence-electron chi connectivity index (χ2n) is 3.59. The van der Waals surface area contributed by atoms with Crippen molar-refractivity contribution < 1.29 is 4.79 Å². The van der Waals surface area contributed by atoms with Gasteiger partial charge >= 0.3 is 0 Å². The smallest absolute Gasteiger partial charge is 0.248 e. The van der Waals surface area contributed by atoms with Crippen molar-refractivity contribution >= 4 is 12.0 Å². The van der Waals surface area contributed by atoms with Crippen molar-refractivity contribution in [3.63, 3.8) is 0 Å². The highest BCUT2D eigenvalue weighted by atomic mass is 16.1. The molecule has 74 valence electrons. The first-order valence-electron chi connectivity index (χ1n) is 4.67. The van der Waals surface area contributed by atoms with Gasteiger partial charge in [-0.2, -0.15) is 0 Å². The van der Waals surface area contributed by atoms with Gasteiger partial charge in [0.15, 0.2) is 0 Å². The predicted octanol–water partition coefficient (Wildman–Crippen LogP) is 2.45. The molecule has 1 rings (SSSR count). The maximum atomic E-state index is 10.8. The van der Waals surface area contributed by atoms with Gasteiger partial charge in [0, 0.05) is 5.56 Å². The summed E-state index contributed by atoms with van der Waals surface area (Å²) in [6.07, 6.45) is 4.15. The first-order chi connectivity index (χ1) is 6.59. The van der Waals surface area contributed by atoms with E-state index >= 15 is 0 Å². The highest BCUT2D eigenvalue weighted by molar-refractivity contribution is 5.92. The van der Waals surface area contributed by atoms with E-state index in [0.717, 1.165) is 5.56 Å². The second-order valence-corrected chi connectivity index (χ2v) is 3.59. The van der Waals surface area contributed by atoms with Crippen LogP contribution < -0.4 is 5.73 Å². The standard InChI is InChI=1S/C12H15NO/c1-9(2)3-4-10-5-7-11(8-6-10)12(13)14/h3-9H,1-2H3,(H2,13,14)/b4-3+. The lowest BCUT2D eigenvalue weighted by atomic mass is 10.1. The number of primary amides is 1.